The zero-order chi connectivity index (χ0) is 16.1. The van der Waals surface area contributed by atoms with Crippen molar-refractivity contribution in [3.63, 3.8) is 0 Å². The number of phenols is 2. The molecule has 2 N–H and O–H groups in total. The Morgan fingerprint density at radius 2 is 1.61 bits per heavy atom. The normalized spacial score (nSPS) is 32.1. The highest BCUT2D eigenvalue weighted by atomic mass is 16.3. The number of amides is 2. The van der Waals surface area contributed by atoms with E-state index in [-0.39, 0.29) is 47.0 Å². The number of fused-ring (bicyclic) bond motifs is 1. The molecule has 0 aromatic heterocycles. The van der Waals surface area contributed by atoms with Crippen molar-refractivity contribution in [2.75, 3.05) is 0 Å². The standard InChI is InChI=1S/C17H16N2O4/c20-12-6-1-9(7-13(12)21)8-18-19-16(22)14-10-2-3-11(5-4-10)15(14)17(19)23/h1-3,6-8,10-11,14-15,20-21H,4-5H2/b18-8-/t10-,11-,14+,15+/m0/s1. The van der Waals surface area contributed by atoms with E-state index in [1.54, 1.807) is 6.07 Å². The maximum Gasteiger partial charge on any atom is 0.254 e. The molecule has 1 saturated heterocycles. The van der Waals surface area contributed by atoms with Crippen molar-refractivity contribution in [1.29, 1.82) is 0 Å². The minimum atomic E-state index is -0.281. The van der Waals surface area contributed by atoms with Gasteiger partial charge in [-0.15, -0.1) is 0 Å². The van der Waals surface area contributed by atoms with Gasteiger partial charge in [0.15, 0.2) is 11.5 Å². The Morgan fingerprint density at radius 3 is 2.13 bits per heavy atom. The van der Waals surface area contributed by atoms with Crippen LogP contribution >= 0.6 is 0 Å². The molecular weight excluding hydrogens is 296 g/mol. The van der Waals surface area contributed by atoms with Crippen molar-refractivity contribution in [3.8, 4) is 11.5 Å². The lowest BCUT2D eigenvalue weighted by molar-refractivity contribution is -0.140. The Kier molecular flexibility index (Phi) is 3.01. The van der Waals surface area contributed by atoms with Crippen LogP contribution in [-0.2, 0) is 9.59 Å². The molecule has 0 spiro atoms. The molecule has 1 aliphatic heterocycles. The highest BCUT2D eigenvalue weighted by molar-refractivity contribution is 6.06. The van der Waals surface area contributed by atoms with Crippen LogP contribution in [0.4, 0.5) is 0 Å². The maximum atomic E-state index is 12.6. The van der Waals surface area contributed by atoms with Gasteiger partial charge in [-0.2, -0.15) is 10.1 Å². The lowest BCUT2D eigenvalue weighted by Gasteiger charge is -2.37. The van der Waals surface area contributed by atoms with Gasteiger partial charge in [-0.05, 0) is 48.4 Å². The lowest BCUT2D eigenvalue weighted by Crippen LogP contribution is -2.38. The number of phenolic OH excluding ortho intramolecular Hbond substituents is 2. The Bertz CT molecular complexity index is 723. The van der Waals surface area contributed by atoms with Crippen LogP contribution in [0.2, 0.25) is 0 Å². The number of carbonyl (C=O) groups is 2. The number of benzene rings is 1. The molecule has 2 bridgehead atoms. The first kappa shape index (κ1) is 14.0. The summed E-state index contributed by atoms with van der Waals surface area (Å²) in [6.45, 7) is 0. The van der Waals surface area contributed by atoms with E-state index < -0.39 is 0 Å². The van der Waals surface area contributed by atoms with Gasteiger partial charge < -0.3 is 10.2 Å². The third kappa shape index (κ3) is 2.05. The van der Waals surface area contributed by atoms with Gasteiger partial charge in [0.2, 0.25) is 0 Å². The van der Waals surface area contributed by atoms with E-state index in [1.807, 2.05) is 0 Å². The molecule has 0 unspecified atom stereocenters. The van der Waals surface area contributed by atoms with Crippen LogP contribution in [-0.4, -0.2) is 33.3 Å². The third-order valence-electron chi connectivity index (χ3n) is 5.06. The Morgan fingerprint density at radius 1 is 1.00 bits per heavy atom. The summed E-state index contributed by atoms with van der Waals surface area (Å²) in [5.74, 6) is -1.27. The molecule has 5 rings (SSSR count). The number of hydrogen-bond acceptors (Lipinski definition) is 5. The lowest BCUT2D eigenvalue weighted by atomic mass is 9.63. The summed E-state index contributed by atoms with van der Waals surface area (Å²) in [7, 11) is 0. The summed E-state index contributed by atoms with van der Waals surface area (Å²) in [5, 5.41) is 23.8. The highest BCUT2D eigenvalue weighted by Crippen LogP contribution is 2.49. The Balaban J connectivity index is 1.60. The van der Waals surface area contributed by atoms with E-state index in [1.165, 1.54) is 18.3 Å². The fourth-order valence-corrected chi connectivity index (χ4v) is 3.92. The second kappa shape index (κ2) is 4.94. The largest absolute Gasteiger partial charge is 0.504 e. The Hall–Kier alpha value is -2.63. The van der Waals surface area contributed by atoms with Gasteiger partial charge in [-0.25, -0.2) is 0 Å². The molecule has 6 heteroatoms. The zero-order valence-corrected chi connectivity index (χ0v) is 12.3. The summed E-state index contributed by atoms with van der Waals surface area (Å²) in [5.41, 5.74) is 0.497. The second-order valence-corrected chi connectivity index (χ2v) is 6.32. The molecule has 118 valence electrons. The molecule has 23 heavy (non-hydrogen) atoms. The first-order valence-electron chi connectivity index (χ1n) is 7.68. The molecular formula is C17H16N2O4. The van der Waals surface area contributed by atoms with Gasteiger partial charge in [0, 0.05) is 0 Å². The van der Waals surface area contributed by atoms with Gasteiger partial charge in [-0.1, -0.05) is 12.2 Å². The minimum absolute atomic E-state index is 0.138. The van der Waals surface area contributed by atoms with Gasteiger partial charge >= 0.3 is 0 Å². The van der Waals surface area contributed by atoms with Crippen LogP contribution in [0.25, 0.3) is 0 Å². The molecule has 1 saturated carbocycles. The second-order valence-electron chi connectivity index (χ2n) is 6.32. The van der Waals surface area contributed by atoms with Gasteiger partial charge in [0.05, 0.1) is 18.1 Å². The van der Waals surface area contributed by atoms with Crippen LogP contribution in [0.1, 0.15) is 18.4 Å². The smallest absolute Gasteiger partial charge is 0.254 e. The summed E-state index contributed by atoms with van der Waals surface area (Å²) >= 11 is 0. The Labute approximate surface area is 132 Å². The van der Waals surface area contributed by atoms with Crippen molar-refractivity contribution >= 4 is 18.0 Å². The minimum Gasteiger partial charge on any atom is -0.504 e. The number of rotatable bonds is 2. The van der Waals surface area contributed by atoms with E-state index >= 15 is 0 Å². The average Bonchev–Trinajstić information content (AvgIpc) is 2.83. The molecule has 1 aromatic carbocycles. The van der Waals surface area contributed by atoms with Gasteiger partial charge in [-0.3, -0.25) is 9.59 Å². The topological polar surface area (TPSA) is 90.2 Å². The number of hydrogen-bond donors (Lipinski definition) is 2. The average molecular weight is 312 g/mol. The fraction of sp³-hybridized carbons (Fsp3) is 0.353. The van der Waals surface area contributed by atoms with Crippen LogP contribution in [0, 0.1) is 23.7 Å². The summed E-state index contributed by atoms with van der Waals surface area (Å²) in [6.07, 6.45) is 7.37. The number of imide groups is 1. The van der Waals surface area contributed by atoms with Crippen molar-refractivity contribution in [2.24, 2.45) is 28.8 Å². The van der Waals surface area contributed by atoms with Crippen LogP contribution in [0.3, 0.4) is 0 Å². The van der Waals surface area contributed by atoms with E-state index in [2.05, 4.69) is 17.3 Å². The quantitative estimate of drug-likeness (QED) is 0.376. The van der Waals surface area contributed by atoms with Crippen molar-refractivity contribution in [1.82, 2.24) is 5.01 Å². The highest BCUT2D eigenvalue weighted by Gasteiger charge is 2.56. The molecule has 1 heterocycles. The predicted octanol–water partition coefficient (Wildman–Crippen LogP) is 1.63. The van der Waals surface area contributed by atoms with Crippen LogP contribution < -0.4 is 0 Å². The number of carbonyl (C=O) groups excluding carboxylic acids is 2. The van der Waals surface area contributed by atoms with Crippen molar-refractivity contribution in [3.05, 3.63) is 35.9 Å². The fourth-order valence-electron chi connectivity index (χ4n) is 3.92. The number of allylic oxidation sites excluding steroid dienone is 2. The molecule has 2 amide bonds. The molecule has 1 aromatic rings. The maximum absolute atomic E-state index is 12.6. The van der Waals surface area contributed by atoms with Crippen LogP contribution in [0.15, 0.2) is 35.5 Å². The number of nitrogens with zero attached hydrogens (tertiary/aromatic N) is 2. The SMILES string of the molecule is O=C1[C@H]2[C@H](C(=O)N1/N=C\c1ccc(O)c(O)c1)[C@H]1C=C[C@H]2CC1. The van der Waals surface area contributed by atoms with Gasteiger partial charge in [0.25, 0.3) is 11.8 Å². The summed E-state index contributed by atoms with van der Waals surface area (Å²) in [6, 6.07) is 4.19. The summed E-state index contributed by atoms with van der Waals surface area (Å²) < 4.78 is 0. The molecule has 3 aliphatic carbocycles. The zero-order valence-electron chi connectivity index (χ0n) is 12.3. The van der Waals surface area contributed by atoms with Gasteiger partial charge in [0.1, 0.15) is 0 Å². The van der Waals surface area contributed by atoms with E-state index in [4.69, 9.17) is 0 Å². The number of hydrazone groups is 1. The van der Waals surface area contributed by atoms with Crippen LogP contribution in [0.5, 0.6) is 11.5 Å². The number of aromatic hydroxyl groups is 2. The monoisotopic (exact) mass is 312 g/mol. The van der Waals surface area contributed by atoms with E-state index in [0.717, 1.165) is 17.9 Å². The molecule has 0 radical (unpaired) electrons. The first-order chi connectivity index (χ1) is 11.1. The van der Waals surface area contributed by atoms with E-state index in [9.17, 15) is 19.8 Å². The predicted molar refractivity (Wildman–Crippen MR) is 81.6 cm³/mol. The van der Waals surface area contributed by atoms with Crippen molar-refractivity contribution < 1.29 is 19.8 Å². The van der Waals surface area contributed by atoms with Crippen molar-refractivity contribution in [2.45, 2.75) is 12.8 Å². The summed E-state index contributed by atoms with van der Waals surface area (Å²) in [4.78, 5) is 25.1. The van der Waals surface area contributed by atoms with E-state index in [0.29, 0.717) is 5.56 Å². The molecule has 4 atom stereocenters. The first-order valence-corrected chi connectivity index (χ1v) is 7.68. The molecule has 4 aliphatic rings. The molecule has 2 fully saturated rings. The third-order valence-corrected chi connectivity index (χ3v) is 5.06. The molecule has 6 nitrogen and oxygen atoms in total.